The van der Waals surface area contributed by atoms with Gasteiger partial charge in [0.25, 0.3) is 0 Å². The Balaban J connectivity index is 1.11. The van der Waals surface area contributed by atoms with Crippen molar-refractivity contribution in [3.8, 4) is 11.1 Å². The van der Waals surface area contributed by atoms with Gasteiger partial charge in [0.2, 0.25) is 5.91 Å². The highest BCUT2D eigenvalue weighted by Gasteiger charge is 2.58. The molecule has 2 aromatic rings. The zero-order chi connectivity index (χ0) is 34.8. The molecule has 0 aliphatic heterocycles. The molecule has 2 unspecified atom stereocenters. The molecular formula is C38H50N4O7. The van der Waals surface area contributed by atoms with Gasteiger partial charge in [-0.1, -0.05) is 48.5 Å². The maximum Gasteiger partial charge on any atom is 0.407 e. The van der Waals surface area contributed by atoms with Crippen LogP contribution in [0.5, 0.6) is 0 Å². The Bertz CT molecular complexity index is 1510. The minimum atomic E-state index is -0.887. The van der Waals surface area contributed by atoms with E-state index in [0.717, 1.165) is 54.4 Å². The van der Waals surface area contributed by atoms with Gasteiger partial charge >= 0.3 is 18.2 Å². The van der Waals surface area contributed by atoms with E-state index in [4.69, 9.17) is 9.47 Å². The molecular weight excluding hydrogens is 624 g/mol. The number of amides is 3. The summed E-state index contributed by atoms with van der Waals surface area (Å²) in [5.41, 5.74) is 3.13. The van der Waals surface area contributed by atoms with Gasteiger partial charge in [-0.05, 0) is 113 Å². The second-order valence-corrected chi connectivity index (χ2v) is 15.7. The molecule has 4 saturated carbocycles. The summed E-state index contributed by atoms with van der Waals surface area (Å²) in [6.07, 6.45) is 5.67. The Morgan fingerprint density at radius 2 is 1.49 bits per heavy atom. The molecule has 4 fully saturated rings. The van der Waals surface area contributed by atoms with Crippen LogP contribution >= 0.6 is 0 Å². The van der Waals surface area contributed by atoms with Crippen molar-refractivity contribution in [1.29, 1.82) is 0 Å². The normalized spacial score (nSPS) is 25.5. The van der Waals surface area contributed by atoms with Crippen LogP contribution in [0.15, 0.2) is 48.5 Å². The topological polar surface area (TPSA) is 155 Å². The summed E-state index contributed by atoms with van der Waals surface area (Å²) in [5.74, 6) is -0.428. The summed E-state index contributed by atoms with van der Waals surface area (Å²) in [4.78, 5) is 51.0. The zero-order valence-corrected chi connectivity index (χ0v) is 28.8. The summed E-state index contributed by atoms with van der Waals surface area (Å²) in [6, 6.07) is 15.4. The predicted octanol–water partition coefficient (Wildman–Crippen LogP) is 5.47. The highest BCUT2D eigenvalue weighted by molar-refractivity contribution is 5.86. The van der Waals surface area contributed by atoms with Gasteiger partial charge in [-0.25, -0.2) is 9.59 Å². The summed E-state index contributed by atoms with van der Waals surface area (Å²) in [6.45, 7) is 5.82. The predicted molar refractivity (Wildman–Crippen MR) is 184 cm³/mol. The number of carboxylic acids is 1. The van der Waals surface area contributed by atoms with Crippen LogP contribution in [-0.4, -0.2) is 71.6 Å². The van der Waals surface area contributed by atoms with E-state index in [1.54, 1.807) is 20.8 Å². The third-order valence-corrected chi connectivity index (χ3v) is 10.6. The molecule has 11 nitrogen and oxygen atoms in total. The van der Waals surface area contributed by atoms with Gasteiger partial charge in [-0.2, -0.15) is 0 Å². The van der Waals surface area contributed by atoms with Crippen LogP contribution in [0.2, 0.25) is 0 Å². The van der Waals surface area contributed by atoms with Crippen molar-refractivity contribution in [2.75, 3.05) is 19.7 Å². The number of nitrogens with one attached hydrogen (secondary N) is 4. The maximum atomic E-state index is 14.1. The summed E-state index contributed by atoms with van der Waals surface area (Å²) < 4.78 is 11.1. The van der Waals surface area contributed by atoms with E-state index in [-0.39, 0.29) is 30.5 Å². The van der Waals surface area contributed by atoms with Crippen LogP contribution in [0.25, 0.3) is 11.1 Å². The number of hydrogen-bond acceptors (Lipinski definition) is 7. The van der Waals surface area contributed by atoms with Crippen molar-refractivity contribution in [3.05, 3.63) is 59.7 Å². The minimum absolute atomic E-state index is 0.104. The number of hydrogen-bond donors (Lipinski definition) is 5. The summed E-state index contributed by atoms with van der Waals surface area (Å²) in [7, 11) is 0. The second-order valence-electron chi connectivity index (χ2n) is 15.7. The quantitative estimate of drug-likeness (QED) is 0.175. The molecule has 0 aromatic heterocycles. The number of rotatable bonds is 13. The first-order valence-electron chi connectivity index (χ1n) is 17.7. The molecule has 0 heterocycles. The average Bonchev–Trinajstić information content (AvgIpc) is 3.34. The Kier molecular flexibility index (Phi) is 9.93. The molecule has 5 N–H and O–H groups in total. The summed E-state index contributed by atoms with van der Waals surface area (Å²) in [5, 5.41) is 21.7. The van der Waals surface area contributed by atoms with E-state index in [1.807, 2.05) is 24.3 Å². The highest BCUT2D eigenvalue weighted by atomic mass is 16.6. The minimum Gasteiger partial charge on any atom is -0.480 e. The molecule has 5 aliphatic carbocycles. The Hall–Kier alpha value is -4.12. The molecule has 5 aliphatic rings. The van der Waals surface area contributed by atoms with E-state index in [0.29, 0.717) is 44.1 Å². The number of unbranched alkanes of at least 4 members (excludes halogenated alkanes) is 1. The van der Waals surface area contributed by atoms with Crippen LogP contribution in [-0.2, 0) is 19.1 Å². The zero-order valence-electron chi connectivity index (χ0n) is 28.8. The first-order valence-corrected chi connectivity index (χ1v) is 17.7. The van der Waals surface area contributed by atoms with E-state index in [1.165, 1.54) is 0 Å². The van der Waals surface area contributed by atoms with Crippen LogP contribution in [0.3, 0.4) is 0 Å². The fourth-order valence-corrected chi connectivity index (χ4v) is 9.26. The van der Waals surface area contributed by atoms with Crippen molar-refractivity contribution in [2.45, 2.75) is 107 Å². The first kappa shape index (κ1) is 34.7. The van der Waals surface area contributed by atoms with E-state index in [2.05, 4.69) is 45.5 Å². The first-order chi connectivity index (χ1) is 23.3. The van der Waals surface area contributed by atoms with Gasteiger partial charge in [0.15, 0.2) is 0 Å². The largest absolute Gasteiger partial charge is 0.480 e. The maximum absolute atomic E-state index is 14.1. The number of carbonyl (C=O) groups is 4. The lowest BCUT2D eigenvalue weighted by molar-refractivity contribution is -0.139. The number of carbonyl (C=O) groups excluding carboxylic acids is 3. The van der Waals surface area contributed by atoms with Crippen molar-refractivity contribution in [1.82, 2.24) is 21.3 Å². The monoisotopic (exact) mass is 674 g/mol. The molecule has 0 radical (unpaired) electrons. The van der Waals surface area contributed by atoms with Crippen molar-refractivity contribution in [3.63, 3.8) is 0 Å². The molecule has 2 aromatic carbocycles. The summed E-state index contributed by atoms with van der Waals surface area (Å²) >= 11 is 0. The van der Waals surface area contributed by atoms with Crippen molar-refractivity contribution >= 4 is 24.1 Å². The van der Waals surface area contributed by atoms with Gasteiger partial charge in [-0.3, -0.25) is 9.59 Å². The van der Waals surface area contributed by atoms with Crippen LogP contribution in [0.4, 0.5) is 9.59 Å². The van der Waals surface area contributed by atoms with Gasteiger partial charge < -0.3 is 35.8 Å². The molecule has 5 atom stereocenters. The smallest absolute Gasteiger partial charge is 0.407 e. The SMILES string of the molecule is CC(C)(C)OC(=O)NCCCC[C@H](NC(=O)OCC1c2ccccc2-c2ccccc21)C(=O)NC12C[C@@H]3C[C@@H](CC(NCC(=O)O)(C3)C1)C2. The van der Waals surface area contributed by atoms with Gasteiger partial charge in [0.1, 0.15) is 18.2 Å². The number of aliphatic carboxylic acids is 1. The van der Waals surface area contributed by atoms with Crippen molar-refractivity contribution in [2.24, 2.45) is 11.8 Å². The van der Waals surface area contributed by atoms with Crippen LogP contribution < -0.4 is 21.3 Å². The van der Waals surface area contributed by atoms with E-state index >= 15 is 0 Å². The highest BCUT2D eigenvalue weighted by Crippen LogP contribution is 2.57. The molecule has 3 amide bonds. The average molecular weight is 675 g/mol. The molecule has 49 heavy (non-hydrogen) atoms. The number of alkyl carbamates (subject to hydrolysis) is 2. The number of benzene rings is 2. The van der Waals surface area contributed by atoms with Gasteiger partial charge in [0, 0.05) is 23.5 Å². The second kappa shape index (κ2) is 14.0. The third-order valence-electron chi connectivity index (χ3n) is 10.6. The standard InChI is InChI=1S/C38H50N4O7/c1-36(2,3)49-34(46)39-15-9-8-14-31(33(45)42-38-19-24-16-25(20-38)18-37(17-24,23-38)40-21-32(43)44)41-35(47)48-22-30-28-12-6-4-10-26(28)27-11-5-7-13-29(27)30/h4-7,10-13,24-25,30-31,40H,8-9,14-23H2,1-3H3,(H,39,46)(H,41,47)(H,42,45)(H,43,44)/t24-,25+,31-,37?,38?/m0/s1. The molecule has 264 valence electrons. The number of carboxylic acid groups (broad SMARTS) is 1. The lowest BCUT2D eigenvalue weighted by Gasteiger charge is -2.62. The number of fused-ring (bicyclic) bond motifs is 3. The Morgan fingerprint density at radius 3 is 2.10 bits per heavy atom. The fraction of sp³-hybridized carbons (Fsp3) is 0.579. The van der Waals surface area contributed by atoms with Crippen molar-refractivity contribution < 1.29 is 33.8 Å². The third kappa shape index (κ3) is 8.20. The van der Waals surface area contributed by atoms with Crippen LogP contribution in [0.1, 0.15) is 95.6 Å². The molecule has 11 heteroatoms. The Labute approximate surface area is 288 Å². The lowest BCUT2D eigenvalue weighted by Crippen LogP contribution is -2.70. The number of ether oxygens (including phenoxy) is 2. The molecule has 0 saturated heterocycles. The molecule has 7 rings (SSSR count). The Morgan fingerprint density at radius 1 is 0.878 bits per heavy atom. The van der Waals surface area contributed by atoms with Gasteiger partial charge in [-0.15, -0.1) is 0 Å². The van der Waals surface area contributed by atoms with E-state index < -0.39 is 35.3 Å². The van der Waals surface area contributed by atoms with Crippen LogP contribution in [0, 0.1) is 11.8 Å². The van der Waals surface area contributed by atoms with Gasteiger partial charge in [0.05, 0.1) is 6.54 Å². The molecule has 0 spiro atoms. The fourth-order valence-electron chi connectivity index (χ4n) is 9.26. The van der Waals surface area contributed by atoms with E-state index in [9.17, 15) is 24.3 Å². The lowest BCUT2D eigenvalue weighted by atomic mass is 9.50. The molecule has 4 bridgehead atoms.